The van der Waals surface area contributed by atoms with Gasteiger partial charge in [-0.05, 0) is 55.4 Å². The number of ether oxygens (including phenoxy) is 1. The zero-order valence-electron chi connectivity index (χ0n) is 16.6. The molecule has 0 heterocycles. The van der Waals surface area contributed by atoms with Crippen molar-refractivity contribution in [2.24, 2.45) is 0 Å². The van der Waals surface area contributed by atoms with Crippen molar-refractivity contribution in [3.63, 3.8) is 0 Å². The zero-order valence-corrected chi connectivity index (χ0v) is 16.6. The topological polar surface area (TPSA) is 9.23 Å². The smallest absolute Gasteiger partial charge is 0.0975 e. The SMILES string of the molecule is CCCC(Cc1ccccc1)(OC(C)C)c1cc(CC)cc(CC)c1. The number of hydrogen-bond acceptors (Lipinski definition) is 1. The average molecular weight is 339 g/mol. The summed E-state index contributed by atoms with van der Waals surface area (Å²) in [4.78, 5) is 0. The van der Waals surface area contributed by atoms with Gasteiger partial charge in [-0.2, -0.15) is 0 Å². The van der Waals surface area contributed by atoms with Crippen LogP contribution in [0.1, 0.15) is 69.7 Å². The quantitative estimate of drug-likeness (QED) is 0.509. The first-order chi connectivity index (χ1) is 12.0. The van der Waals surface area contributed by atoms with Crippen LogP contribution < -0.4 is 0 Å². The Kier molecular flexibility index (Phi) is 7.25. The molecule has 1 unspecified atom stereocenters. The summed E-state index contributed by atoms with van der Waals surface area (Å²) in [6.07, 6.45) is 5.40. The van der Waals surface area contributed by atoms with E-state index in [2.05, 4.69) is 83.1 Å². The van der Waals surface area contributed by atoms with Gasteiger partial charge in [0.1, 0.15) is 0 Å². The molecule has 0 aliphatic heterocycles. The molecular weight excluding hydrogens is 304 g/mol. The molecule has 2 aromatic carbocycles. The first kappa shape index (κ1) is 19.7. The molecule has 0 saturated heterocycles. The van der Waals surface area contributed by atoms with Gasteiger partial charge in [-0.15, -0.1) is 0 Å². The molecule has 25 heavy (non-hydrogen) atoms. The van der Waals surface area contributed by atoms with Crippen molar-refractivity contribution in [3.05, 3.63) is 70.8 Å². The van der Waals surface area contributed by atoms with Crippen molar-refractivity contribution in [2.45, 2.75) is 78.4 Å². The molecule has 2 rings (SSSR count). The lowest BCUT2D eigenvalue weighted by Gasteiger charge is -2.37. The highest BCUT2D eigenvalue weighted by molar-refractivity contribution is 5.36. The van der Waals surface area contributed by atoms with Crippen molar-refractivity contribution in [1.29, 1.82) is 0 Å². The molecule has 0 saturated carbocycles. The number of aryl methyl sites for hydroxylation is 2. The molecule has 0 aromatic heterocycles. The Morgan fingerprint density at radius 2 is 1.44 bits per heavy atom. The van der Waals surface area contributed by atoms with E-state index in [1.54, 1.807) is 0 Å². The summed E-state index contributed by atoms with van der Waals surface area (Å²) < 4.78 is 6.67. The van der Waals surface area contributed by atoms with E-state index in [0.717, 1.165) is 32.1 Å². The van der Waals surface area contributed by atoms with E-state index >= 15 is 0 Å². The maximum absolute atomic E-state index is 6.67. The van der Waals surface area contributed by atoms with Crippen molar-refractivity contribution < 1.29 is 4.74 Å². The van der Waals surface area contributed by atoms with Crippen LogP contribution in [0.25, 0.3) is 0 Å². The minimum absolute atomic E-state index is 0.200. The van der Waals surface area contributed by atoms with Crippen LogP contribution in [0.5, 0.6) is 0 Å². The Morgan fingerprint density at radius 1 is 0.840 bits per heavy atom. The van der Waals surface area contributed by atoms with Gasteiger partial charge >= 0.3 is 0 Å². The first-order valence-corrected chi connectivity index (χ1v) is 9.88. The van der Waals surface area contributed by atoms with E-state index in [9.17, 15) is 0 Å². The molecule has 1 nitrogen and oxygen atoms in total. The Bertz CT molecular complexity index is 622. The highest BCUT2D eigenvalue weighted by Crippen LogP contribution is 2.37. The van der Waals surface area contributed by atoms with E-state index in [0.29, 0.717) is 0 Å². The summed E-state index contributed by atoms with van der Waals surface area (Å²) in [5, 5.41) is 0. The Balaban J connectivity index is 2.55. The molecule has 2 aromatic rings. The maximum Gasteiger partial charge on any atom is 0.0975 e. The fraction of sp³-hybridized carbons (Fsp3) is 0.500. The fourth-order valence-electron chi connectivity index (χ4n) is 3.72. The van der Waals surface area contributed by atoms with E-state index < -0.39 is 0 Å². The minimum atomic E-state index is -0.251. The Hall–Kier alpha value is -1.60. The second-order valence-corrected chi connectivity index (χ2v) is 7.32. The van der Waals surface area contributed by atoms with Crippen LogP contribution >= 0.6 is 0 Å². The average Bonchev–Trinajstić information content (AvgIpc) is 2.61. The molecule has 0 aliphatic rings. The van der Waals surface area contributed by atoms with Gasteiger partial charge < -0.3 is 4.74 Å². The minimum Gasteiger partial charge on any atom is -0.367 e. The standard InChI is InChI=1S/C24H34O/c1-6-14-24(25-19(4)5,18-22-12-10-9-11-13-22)23-16-20(7-2)15-21(8-3)17-23/h9-13,15-17,19H,6-8,14,18H2,1-5H3. The molecule has 0 amide bonds. The third-order valence-electron chi connectivity index (χ3n) is 4.84. The van der Waals surface area contributed by atoms with Gasteiger partial charge in [0, 0.05) is 6.42 Å². The predicted octanol–water partition coefficient (Wildman–Crippen LogP) is 6.47. The van der Waals surface area contributed by atoms with Gasteiger partial charge in [-0.3, -0.25) is 0 Å². The summed E-state index contributed by atoms with van der Waals surface area (Å²) in [7, 11) is 0. The number of hydrogen-bond donors (Lipinski definition) is 0. The van der Waals surface area contributed by atoms with Gasteiger partial charge in [0.2, 0.25) is 0 Å². The highest BCUT2D eigenvalue weighted by atomic mass is 16.5. The highest BCUT2D eigenvalue weighted by Gasteiger charge is 2.34. The van der Waals surface area contributed by atoms with E-state index in [1.807, 2.05) is 0 Å². The Labute approximate surface area is 154 Å². The molecule has 0 bridgehead atoms. The van der Waals surface area contributed by atoms with Crippen molar-refractivity contribution in [2.75, 3.05) is 0 Å². The molecule has 0 aliphatic carbocycles. The van der Waals surface area contributed by atoms with Crippen LogP contribution in [0, 0.1) is 0 Å². The van der Waals surface area contributed by atoms with E-state index in [-0.39, 0.29) is 11.7 Å². The summed E-state index contributed by atoms with van der Waals surface area (Å²) in [6, 6.07) is 17.9. The maximum atomic E-state index is 6.67. The zero-order chi connectivity index (χ0) is 18.3. The van der Waals surface area contributed by atoms with Crippen LogP contribution in [0.15, 0.2) is 48.5 Å². The van der Waals surface area contributed by atoms with Gasteiger partial charge in [0.15, 0.2) is 0 Å². The van der Waals surface area contributed by atoms with Crippen LogP contribution in [0.3, 0.4) is 0 Å². The lowest BCUT2D eigenvalue weighted by atomic mass is 9.81. The normalized spacial score (nSPS) is 13.8. The van der Waals surface area contributed by atoms with Crippen LogP contribution in [0.2, 0.25) is 0 Å². The van der Waals surface area contributed by atoms with Crippen molar-refractivity contribution in [3.8, 4) is 0 Å². The van der Waals surface area contributed by atoms with Gasteiger partial charge in [0.05, 0.1) is 11.7 Å². The first-order valence-electron chi connectivity index (χ1n) is 9.88. The van der Waals surface area contributed by atoms with Crippen LogP contribution in [0.4, 0.5) is 0 Å². The molecule has 0 fully saturated rings. The molecule has 136 valence electrons. The summed E-state index contributed by atoms with van der Waals surface area (Å²) in [6.45, 7) is 11.0. The second kappa shape index (κ2) is 9.20. The third-order valence-corrected chi connectivity index (χ3v) is 4.84. The van der Waals surface area contributed by atoms with Gasteiger partial charge in [0.25, 0.3) is 0 Å². The van der Waals surface area contributed by atoms with Gasteiger partial charge in [-0.1, -0.05) is 75.7 Å². The summed E-state index contributed by atoms with van der Waals surface area (Å²) in [5.74, 6) is 0. The van der Waals surface area contributed by atoms with Crippen molar-refractivity contribution >= 4 is 0 Å². The number of rotatable bonds is 9. The molecule has 1 atom stereocenters. The van der Waals surface area contributed by atoms with Crippen LogP contribution in [-0.4, -0.2) is 6.10 Å². The molecule has 0 spiro atoms. The van der Waals surface area contributed by atoms with E-state index in [1.165, 1.54) is 22.3 Å². The van der Waals surface area contributed by atoms with E-state index in [4.69, 9.17) is 4.74 Å². The van der Waals surface area contributed by atoms with Gasteiger partial charge in [-0.25, -0.2) is 0 Å². The molecule has 0 N–H and O–H groups in total. The molecule has 0 radical (unpaired) electrons. The van der Waals surface area contributed by atoms with Crippen molar-refractivity contribution in [1.82, 2.24) is 0 Å². The summed E-state index contributed by atoms with van der Waals surface area (Å²) in [5.41, 5.74) is 5.27. The second-order valence-electron chi connectivity index (χ2n) is 7.32. The molecular formula is C24H34O. The Morgan fingerprint density at radius 3 is 1.92 bits per heavy atom. The summed E-state index contributed by atoms with van der Waals surface area (Å²) >= 11 is 0. The lowest BCUT2D eigenvalue weighted by molar-refractivity contribution is -0.0916. The predicted molar refractivity (Wildman–Crippen MR) is 108 cm³/mol. The third kappa shape index (κ3) is 5.19. The lowest BCUT2D eigenvalue weighted by Crippen LogP contribution is -2.35. The monoisotopic (exact) mass is 338 g/mol. The number of benzene rings is 2. The largest absolute Gasteiger partial charge is 0.367 e. The van der Waals surface area contributed by atoms with Crippen LogP contribution in [-0.2, 0) is 29.6 Å². The fourth-order valence-corrected chi connectivity index (χ4v) is 3.72. The molecule has 1 heteroatoms.